The van der Waals surface area contributed by atoms with Crippen molar-refractivity contribution >= 4 is 0 Å². The minimum absolute atomic E-state index is 0.541. The van der Waals surface area contributed by atoms with Crippen LogP contribution in [0.5, 0.6) is 0 Å². The van der Waals surface area contributed by atoms with Crippen molar-refractivity contribution in [3.05, 3.63) is 82.9 Å². The molecule has 2 unspecified atom stereocenters. The normalized spacial score (nSPS) is 18.8. The lowest BCUT2D eigenvalue weighted by atomic mass is 9.72. The zero-order valence-electron chi connectivity index (χ0n) is 14.9. The maximum atomic E-state index is 2.41. The van der Waals surface area contributed by atoms with E-state index in [1.807, 2.05) is 0 Å². The third-order valence-electron chi connectivity index (χ3n) is 5.66. The van der Waals surface area contributed by atoms with Crippen LogP contribution in [0.25, 0.3) is 22.3 Å². The molecule has 0 saturated carbocycles. The first-order valence-corrected chi connectivity index (χ1v) is 8.86. The first-order valence-electron chi connectivity index (χ1n) is 8.86. The highest BCUT2D eigenvalue weighted by atomic mass is 14.3. The minimum Gasteiger partial charge on any atom is -0.0587 e. The molecule has 0 heteroatoms. The molecule has 0 radical (unpaired) electrons. The summed E-state index contributed by atoms with van der Waals surface area (Å²) in [6, 6.07) is 22.7. The molecule has 0 aliphatic heterocycles. The molecule has 120 valence electrons. The fraction of sp³-hybridized carbons (Fsp3) is 0.250. The van der Waals surface area contributed by atoms with Gasteiger partial charge in [0.25, 0.3) is 0 Å². The quantitative estimate of drug-likeness (QED) is 0.460. The molecule has 4 rings (SSSR count). The SMILES string of the molecule is Cc1ccc(-c2ccc3c(c2)C(C)C(C)c2cc(C)ccc2-3)cc1. The Hall–Kier alpha value is -2.34. The summed E-state index contributed by atoms with van der Waals surface area (Å²) < 4.78 is 0. The summed E-state index contributed by atoms with van der Waals surface area (Å²) in [6.45, 7) is 9.06. The highest BCUT2D eigenvalue weighted by molar-refractivity contribution is 5.79. The molecule has 3 aromatic rings. The summed E-state index contributed by atoms with van der Waals surface area (Å²) in [5.41, 5.74) is 11.1. The van der Waals surface area contributed by atoms with Gasteiger partial charge in [-0.05, 0) is 59.1 Å². The highest BCUT2D eigenvalue weighted by Gasteiger charge is 2.28. The summed E-state index contributed by atoms with van der Waals surface area (Å²) in [6.07, 6.45) is 0. The Morgan fingerprint density at radius 2 is 1.04 bits per heavy atom. The van der Waals surface area contributed by atoms with Crippen LogP contribution in [0.15, 0.2) is 60.7 Å². The Morgan fingerprint density at radius 3 is 1.71 bits per heavy atom. The molecule has 3 aromatic carbocycles. The van der Waals surface area contributed by atoms with Gasteiger partial charge in [-0.15, -0.1) is 0 Å². The predicted octanol–water partition coefficient (Wildman–Crippen LogP) is 6.86. The molecule has 1 aliphatic carbocycles. The molecule has 0 heterocycles. The van der Waals surface area contributed by atoms with Gasteiger partial charge in [0.2, 0.25) is 0 Å². The van der Waals surface area contributed by atoms with Gasteiger partial charge < -0.3 is 0 Å². The average molecular weight is 312 g/mol. The average Bonchev–Trinajstić information content (AvgIpc) is 2.60. The van der Waals surface area contributed by atoms with E-state index in [4.69, 9.17) is 0 Å². The second-order valence-corrected chi connectivity index (χ2v) is 7.34. The van der Waals surface area contributed by atoms with Gasteiger partial charge in [-0.2, -0.15) is 0 Å². The Bertz CT molecular complexity index is 900. The van der Waals surface area contributed by atoms with E-state index in [-0.39, 0.29) is 0 Å². The van der Waals surface area contributed by atoms with E-state index in [0.29, 0.717) is 11.8 Å². The van der Waals surface area contributed by atoms with Crippen LogP contribution in [0.2, 0.25) is 0 Å². The third kappa shape index (κ3) is 2.38. The van der Waals surface area contributed by atoms with Crippen molar-refractivity contribution in [2.45, 2.75) is 39.5 Å². The van der Waals surface area contributed by atoms with Crippen molar-refractivity contribution < 1.29 is 0 Å². The van der Waals surface area contributed by atoms with Crippen molar-refractivity contribution in [3.8, 4) is 22.3 Å². The van der Waals surface area contributed by atoms with Crippen molar-refractivity contribution in [1.82, 2.24) is 0 Å². The van der Waals surface area contributed by atoms with Crippen molar-refractivity contribution in [2.24, 2.45) is 0 Å². The van der Waals surface area contributed by atoms with Gasteiger partial charge in [0, 0.05) is 0 Å². The molecule has 0 amide bonds. The second-order valence-electron chi connectivity index (χ2n) is 7.34. The summed E-state index contributed by atoms with van der Waals surface area (Å²) in [4.78, 5) is 0. The Balaban J connectivity index is 1.88. The van der Waals surface area contributed by atoms with Crippen molar-refractivity contribution in [1.29, 1.82) is 0 Å². The van der Waals surface area contributed by atoms with Crippen LogP contribution in [-0.4, -0.2) is 0 Å². The highest BCUT2D eigenvalue weighted by Crippen LogP contribution is 2.47. The molecule has 0 bridgehead atoms. The smallest absolute Gasteiger partial charge is 0.0118 e. The molecule has 1 aliphatic rings. The minimum atomic E-state index is 0.541. The summed E-state index contributed by atoms with van der Waals surface area (Å²) in [7, 11) is 0. The summed E-state index contributed by atoms with van der Waals surface area (Å²) in [5.74, 6) is 1.10. The van der Waals surface area contributed by atoms with Gasteiger partial charge in [-0.25, -0.2) is 0 Å². The van der Waals surface area contributed by atoms with Gasteiger partial charge in [0.05, 0.1) is 0 Å². The van der Waals surface area contributed by atoms with Gasteiger partial charge in [0.1, 0.15) is 0 Å². The zero-order chi connectivity index (χ0) is 16.8. The number of fused-ring (bicyclic) bond motifs is 3. The monoisotopic (exact) mass is 312 g/mol. The van der Waals surface area contributed by atoms with Crippen LogP contribution in [0.4, 0.5) is 0 Å². The fourth-order valence-corrected chi connectivity index (χ4v) is 3.95. The van der Waals surface area contributed by atoms with E-state index in [2.05, 4.69) is 88.4 Å². The van der Waals surface area contributed by atoms with Crippen molar-refractivity contribution in [3.63, 3.8) is 0 Å². The van der Waals surface area contributed by atoms with E-state index >= 15 is 0 Å². The first kappa shape index (κ1) is 15.2. The van der Waals surface area contributed by atoms with Crippen LogP contribution in [-0.2, 0) is 0 Å². The molecule has 0 spiro atoms. The topological polar surface area (TPSA) is 0 Å². The molecule has 0 aromatic heterocycles. The Labute approximate surface area is 145 Å². The van der Waals surface area contributed by atoms with E-state index in [1.165, 1.54) is 44.5 Å². The van der Waals surface area contributed by atoms with Gasteiger partial charge in [-0.1, -0.05) is 85.6 Å². The first-order chi connectivity index (χ1) is 11.5. The number of benzene rings is 3. The molecule has 24 heavy (non-hydrogen) atoms. The Kier molecular flexibility index (Phi) is 3.57. The molecule has 0 nitrogen and oxygen atoms in total. The van der Waals surface area contributed by atoms with E-state index in [1.54, 1.807) is 0 Å². The fourth-order valence-electron chi connectivity index (χ4n) is 3.95. The standard InChI is InChI=1S/C24H24/c1-15-5-8-19(9-6-15)20-10-12-22-21-11-7-16(2)13-23(21)17(3)18(4)24(22)14-20/h5-14,17-18H,1-4H3. The lowest BCUT2D eigenvalue weighted by Gasteiger charge is -2.32. The van der Waals surface area contributed by atoms with Gasteiger partial charge >= 0.3 is 0 Å². The molecule has 2 atom stereocenters. The van der Waals surface area contributed by atoms with Gasteiger partial charge in [-0.3, -0.25) is 0 Å². The number of hydrogen-bond donors (Lipinski definition) is 0. The molecular formula is C24H24. The van der Waals surface area contributed by atoms with Crippen LogP contribution < -0.4 is 0 Å². The molecular weight excluding hydrogens is 288 g/mol. The van der Waals surface area contributed by atoms with E-state index in [0.717, 1.165) is 0 Å². The van der Waals surface area contributed by atoms with Gasteiger partial charge in [0.15, 0.2) is 0 Å². The van der Waals surface area contributed by atoms with Crippen LogP contribution in [0.3, 0.4) is 0 Å². The molecule has 0 N–H and O–H groups in total. The predicted molar refractivity (Wildman–Crippen MR) is 104 cm³/mol. The molecule has 0 saturated heterocycles. The maximum absolute atomic E-state index is 2.41. The van der Waals surface area contributed by atoms with E-state index < -0.39 is 0 Å². The summed E-state index contributed by atoms with van der Waals surface area (Å²) in [5, 5.41) is 0. The summed E-state index contributed by atoms with van der Waals surface area (Å²) >= 11 is 0. The largest absolute Gasteiger partial charge is 0.0587 e. The zero-order valence-corrected chi connectivity index (χ0v) is 14.9. The maximum Gasteiger partial charge on any atom is -0.0118 e. The van der Waals surface area contributed by atoms with Crippen LogP contribution in [0.1, 0.15) is 47.9 Å². The second kappa shape index (κ2) is 5.63. The number of aryl methyl sites for hydroxylation is 2. The number of hydrogen-bond acceptors (Lipinski definition) is 0. The lowest BCUT2D eigenvalue weighted by Crippen LogP contribution is -2.13. The molecule has 0 fully saturated rings. The van der Waals surface area contributed by atoms with E-state index in [9.17, 15) is 0 Å². The van der Waals surface area contributed by atoms with Crippen LogP contribution in [0, 0.1) is 13.8 Å². The lowest BCUT2D eigenvalue weighted by molar-refractivity contribution is 0.616. The van der Waals surface area contributed by atoms with Crippen molar-refractivity contribution in [2.75, 3.05) is 0 Å². The Morgan fingerprint density at radius 1 is 0.542 bits per heavy atom. The van der Waals surface area contributed by atoms with Crippen LogP contribution >= 0.6 is 0 Å². The third-order valence-corrected chi connectivity index (χ3v) is 5.66. The number of rotatable bonds is 1.